The summed E-state index contributed by atoms with van der Waals surface area (Å²) in [6.07, 6.45) is 0. The third kappa shape index (κ3) is 2.85. The van der Waals surface area contributed by atoms with Crippen molar-refractivity contribution in [2.45, 2.75) is 0 Å². The number of ether oxygens (including phenoxy) is 1. The molecule has 5 nitrogen and oxygen atoms in total. The average molecular weight is 230 g/mol. The molecule has 0 radical (unpaired) electrons. The van der Waals surface area contributed by atoms with Gasteiger partial charge in [-0.3, -0.25) is 4.79 Å². The van der Waals surface area contributed by atoms with Crippen molar-refractivity contribution in [3.63, 3.8) is 0 Å². The van der Waals surface area contributed by atoms with Gasteiger partial charge in [-0.05, 0) is 12.1 Å². The van der Waals surface area contributed by atoms with Gasteiger partial charge >= 0.3 is 11.9 Å². The van der Waals surface area contributed by atoms with Gasteiger partial charge in [-0.1, -0.05) is 11.6 Å². The fourth-order valence-electron chi connectivity index (χ4n) is 0.903. The molecule has 1 aromatic carbocycles. The molecule has 0 saturated heterocycles. The molecule has 0 unspecified atom stereocenters. The summed E-state index contributed by atoms with van der Waals surface area (Å²) in [5.74, 6) is -2.25. The first-order valence-electron chi connectivity index (χ1n) is 3.92. The minimum atomic E-state index is -1.58. The number of methoxy groups -OCH3 is 1. The molecular weight excluding hydrogens is 222 g/mol. The molecule has 0 saturated carbocycles. The Hall–Kier alpha value is -1.75. The lowest BCUT2D eigenvalue weighted by Gasteiger charge is -2.06. The Balaban J connectivity index is 2.93. The van der Waals surface area contributed by atoms with Crippen LogP contribution in [0.4, 0.5) is 5.69 Å². The second-order valence-electron chi connectivity index (χ2n) is 2.61. The van der Waals surface area contributed by atoms with Crippen LogP contribution in [0.2, 0.25) is 5.02 Å². The maximum absolute atomic E-state index is 10.9. The van der Waals surface area contributed by atoms with E-state index in [-0.39, 0.29) is 10.7 Å². The van der Waals surface area contributed by atoms with Crippen LogP contribution in [0.3, 0.4) is 0 Å². The van der Waals surface area contributed by atoms with Crippen molar-refractivity contribution in [3.05, 3.63) is 23.2 Å². The lowest BCUT2D eigenvalue weighted by Crippen LogP contribution is -2.21. The smallest absolute Gasteiger partial charge is 0.394 e. The highest BCUT2D eigenvalue weighted by molar-refractivity contribution is 6.39. The lowest BCUT2D eigenvalue weighted by molar-refractivity contribution is -0.147. The van der Waals surface area contributed by atoms with Gasteiger partial charge in [0.1, 0.15) is 5.75 Å². The second kappa shape index (κ2) is 4.65. The molecule has 15 heavy (non-hydrogen) atoms. The third-order valence-electron chi connectivity index (χ3n) is 1.62. The Labute approximate surface area is 90.6 Å². The number of amides is 1. The fraction of sp³-hybridized carbons (Fsp3) is 0.111. The predicted molar refractivity (Wildman–Crippen MR) is 54.3 cm³/mol. The number of carboxylic acids is 1. The Morgan fingerprint density at radius 1 is 1.47 bits per heavy atom. The van der Waals surface area contributed by atoms with E-state index < -0.39 is 11.9 Å². The highest BCUT2D eigenvalue weighted by Crippen LogP contribution is 2.26. The molecule has 2 N–H and O–H groups in total. The number of benzene rings is 1. The van der Waals surface area contributed by atoms with E-state index in [1.807, 2.05) is 0 Å². The summed E-state index contributed by atoms with van der Waals surface area (Å²) in [6, 6.07) is 4.53. The minimum Gasteiger partial charge on any atom is -0.497 e. The number of carbonyl (C=O) groups is 2. The van der Waals surface area contributed by atoms with Crippen molar-refractivity contribution in [2.75, 3.05) is 12.4 Å². The number of hydrogen-bond donors (Lipinski definition) is 2. The molecule has 0 aromatic heterocycles. The summed E-state index contributed by atoms with van der Waals surface area (Å²) in [6.45, 7) is 0. The van der Waals surface area contributed by atoms with Crippen LogP contribution in [0, 0.1) is 0 Å². The zero-order valence-corrected chi connectivity index (χ0v) is 8.54. The highest BCUT2D eigenvalue weighted by atomic mass is 35.5. The van der Waals surface area contributed by atoms with E-state index in [0.29, 0.717) is 5.75 Å². The molecule has 0 atom stereocenters. The van der Waals surface area contributed by atoms with Gasteiger partial charge in [-0.25, -0.2) is 4.79 Å². The van der Waals surface area contributed by atoms with E-state index >= 15 is 0 Å². The van der Waals surface area contributed by atoms with Crippen molar-refractivity contribution in [2.24, 2.45) is 0 Å². The first-order chi connectivity index (χ1) is 7.04. The maximum atomic E-state index is 10.9. The van der Waals surface area contributed by atoms with Gasteiger partial charge in [0.15, 0.2) is 0 Å². The number of anilines is 1. The quantitative estimate of drug-likeness (QED) is 0.751. The van der Waals surface area contributed by atoms with E-state index in [1.54, 1.807) is 6.07 Å². The van der Waals surface area contributed by atoms with Crippen LogP contribution in [0.5, 0.6) is 5.75 Å². The minimum absolute atomic E-state index is 0.198. The first kappa shape index (κ1) is 11.3. The number of nitrogens with one attached hydrogen (secondary N) is 1. The number of carbonyl (C=O) groups excluding carboxylic acids is 1. The topological polar surface area (TPSA) is 75.6 Å². The zero-order chi connectivity index (χ0) is 11.4. The number of carboxylic acid groups (broad SMARTS) is 1. The van der Waals surface area contributed by atoms with Crippen LogP contribution in [-0.2, 0) is 9.59 Å². The largest absolute Gasteiger partial charge is 0.497 e. The van der Waals surface area contributed by atoms with Crippen LogP contribution in [-0.4, -0.2) is 24.1 Å². The maximum Gasteiger partial charge on any atom is 0.394 e. The standard InChI is InChI=1S/C9H8ClNO4/c1-15-5-2-3-6(10)7(4-5)11-8(12)9(13)14/h2-4H,1H3,(H,11,12)(H,13,14). The molecule has 1 aromatic rings. The number of aliphatic carboxylic acids is 1. The van der Waals surface area contributed by atoms with E-state index in [4.69, 9.17) is 21.4 Å². The molecular formula is C9H8ClNO4. The Kier molecular flexibility index (Phi) is 3.51. The molecule has 80 valence electrons. The summed E-state index contributed by atoms with van der Waals surface area (Å²) in [4.78, 5) is 21.1. The Morgan fingerprint density at radius 2 is 2.13 bits per heavy atom. The van der Waals surface area contributed by atoms with Crippen molar-refractivity contribution in [1.82, 2.24) is 0 Å². The summed E-state index contributed by atoms with van der Waals surface area (Å²) in [5, 5.41) is 10.7. The number of hydrogen-bond acceptors (Lipinski definition) is 3. The SMILES string of the molecule is COc1ccc(Cl)c(NC(=O)C(=O)O)c1. The molecule has 1 amide bonds. The molecule has 1 rings (SSSR count). The number of halogens is 1. The van der Waals surface area contributed by atoms with Crippen LogP contribution in [0.1, 0.15) is 0 Å². The summed E-state index contributed by atoms with van der Waals surface area (Å²) >= 11 is 5.74. The van der Waals surface area contributed by atoms with E-state index in [0.717, 1.165) is 0 Å². The normalized spacial score (nSPS) is 9.47. The van der Waals surface area contributed by atoms with Crippen molar-refractivity contribution < 1.29 is 19.4 Å². The molecule has 0 spiro atoms. The predicted octanol–water partition coefficient (Wildman–Crippen LogP) is 1.37. The summed E-state index contributed by atoms with van der Waals surface area (Å²) in [7, 11) is 1.45. The Bertz CT molecular complexity index is 405. The molecule has 0 heterocycles. The van der Waals surface area contributed by atoms with Gasteiger partial charge < -0.3 is 15.2 Å². The van der Waals surface area contributed by atoms with Crippen LogP contribution in [0.25, 0.3) is 0 Å². The summed E-state index contributed by atoms with van der Waals surface area (Å²) in [5.41, 5.74) is 0.198. The fourth-order valence-corrected chi connectivity index (χ4v) is 1.07. The van der Waals surface area contributed by atoms with E-state index in [9.17, 15) is 9.59 Å². The summed E-state index contributed by atoms with van der Waals surface area (Å²) < 4.78 is 4.89. The number of rotatable bonds is 2. The molecule has 0 aliphatic rings. The van der Waals surface area contributed by atoms with Gasteiger partial charge in [-0.2, -0.15) is 0 Å². The van der Waals surface area contributed by atoms with Gasteiger partial charge in [0.05, 0.1) is 17.8 Å². The molecule has 0 aliphatic heterocycles. The molecule has 0 fully saturated rings. The lowest BCUT2D eigenvalue weighted by atomic mass is 10.3. The van der Waals surface area contributed by atoms with Crippen LogP contribution >= 0.6 is 11.6 Å². The van der Waals surface area contributed by atoms with E-state index in [1.165, 1.54) is 19.2 Å². The third-order valence-corrected chi connectivity index (χ3v) is 1.95. The molecule has 6 heteroatoms. The van der Waals surface area contributed by atoms with Crippen molar-refractivity contribution in [1.29, 1.82) is 0 Å². The Morgan fingerprint density at radius 3 is 2.67 bits per heavy atom. The highest BCUT2D eigenvalue weighted by Gasteiger charge is 2.13. The monoisotopic (exact) mass is 229 g/mol. The molecule has 0 bridgehead atoms. The second-order valence-corrected chi connectivity index (χ2v) is 3.01. The van der Waals surface area contributed by atoms with Crippen molar-refractivity contribution >= 4 is 29.2 Å². The van der Waals surface area contributed by atoms with E-state index in [2.05, 4.69) is 5.32 Å². The van der Waals surface area contributed by atoms with Gasteiger partial charge in [-0.15, -0.1) is 0 Å². The molecule has 0 aliphatic carbocycles. The van der Waals surface area contributed by atoms with Crippen molar-refractivity contribution in [3.8, 4) is 5.75 Å². The first-order valence-corrected chi connectivity index (χ1v) is 4.30. The zero-order valence-electron chi connectivity index (χ0n) is 7.78. The van der Waals surface area contributed by atoms with Gasteiger partial charge in [0.25, 0.3) is 0 Å². The van der Waals surface area contributed by atoms with Gasteiger partial charge in [0.2, 0.25) is 0 Å². The van der Waals surface area contributed by atoms with Crippen LogP contribution in [0.15, 0.2) is 18.2 Å². The van der Waals surface area contributed by atoms with Crippen LogP contribution < -0.4 is 10.1 Å². The average Bonchev–Trinajstić information content (AvgIpc) is 2.21. The van der Waals surface area contributed by atoms with Gasteiger partial charge in [0, 0.05) is 6.07 Å².